The number of alkyl halides is 1. The number of nitrogens with one attached hydrogen (secondary N) is 1. The van der Waals surface area contributed by atoms with Crippen LogP contribution < -0.4 is 5.32 Å². The van der Waals surface area contributed by atoms with Gasteiger partial charge in [0.05, 0.1) is 0 Å². The first-order valence-corrected chi connectivity index (χ1v) is 6.99. The summed E-state index contributed by atoms with van der Waals surface area (Å²) in [5.41, 5.74) is 0. The molecule has 0 saturated heterocycles. The molecule has 0 bridgehead atoms. The molecular weight excluding hydrogens is 202 g/mol. The maximum absolute atomic E-state index is 6.04. The molecule has 0 unspecified atom stereocenters. The Morgan fingerprint density at radius 1 is 1.31 bits per heavy atom. The average Bonchev–Trinajstić information content (AvgIpc) is 2.15. The lowest BCUT2D eigenvalue weighted by atomic mass is 9.89. The van der Waals surface area contributed by atoms with Gasteiger partial charge in [0, 0.05) is 17.7 Å². The Morgan fingerprint density at radius 3 is 2.62 bits per heavy atom. The predicted molar refractivity (Wildman–Crippen MR) is 62.9 cm³/mol. The molecule has 0 aromatic rings. The van der Waals surface area contributed by atoms with Gasteiger partial charge < -0.3 is 5.32 Å². The molecule has 0 aliphatic heterocycles. The van der Waals surface area contributed by atoms with Gasteiger partial charge in [0.25, 0.3) is 0 Å². The van der Waals surface area contributed by atoms with Gasteiger partial charge in [0.1, 0.15) is 0 Å². The van der Waals surface area contributed by atoms with Gasteiger partial charge in [-0.3, -0.25) is 0 Å². The van der Waals surface area contributed by atoms with E-state index in [1.165, 1.54) is 38.0 Å². The van der Waals surface area contributed by atoms with Gasteiger partial charge in [-0.2, -0.15) is 11.8 Å². The molecule has 3 heteroatoms. The molecule has 13 heavy (non-hydrogen) atoms. The van der Waals surface area contributed by atoms with Gasteiger partial charge in [0.2, 0.25) is 0 Å². The Labute approximate surface area is 91.0 Å². The minimum Gasteiger partial charge on any atom is -0.316 e. The SMILES string of the molecule is CSCCNCC1CCC(Cl)CC1. The van der Waals surface area contributed by atoms with E-state index in [1.807, 2.05) is 11.8 Å². The van der Waals surface area contributed by atoms with Crippen molar-refractivity contribution in [2.45, 2.75) is 31.1 Å². The van der Waals surface area contributed by atoms with Crippen LogP contribution >= 0.6 is 23.4 Å². The standard InChI is InChI=1S/C10H20ClNS/c1-13-7-6-12-8-9-2-4-10(11)5-3-9/h9-10,12H,2-8H2,1H3. The third-order valence-corrected chi connectivity index (χ3v) is 3.74. The zero-order valence-electron chi connectivity index (χ0n) is 8.39. The highest BCUT2D eigenvalue weighted by Gasteiger charge is 2.18. The monoisotopic (exact) mass is 221 g/mol. The summed E-state index contributed by atoms with van der Waals surface area (Å²) in [5, 5.41) is 3.97. The lowest BCUT2D eigenvalue weighted by Gasteiger charge is -2.25. The summed E-state index contributed by atoms with van der Waals surface area (Å²) in [4.78, 5) is 0. The van der Waals surface area contributed by atoms with Crippen molar-refractivity contribution in [1.82, 2.24) is 5.32 Å². The number of halogens is 1. The molecule has 0 aromatic carbocycles. The molecule has 1 rings (SSSR count). The molecule has 0 atom stereocenters. The van der Waals surface area contributed by atoms with Crippen LogP contribution in [0.1, 0.15) is 25.7 Å². The van der Waals surface area contributed by atoms with Crippen molar-refractivity contribution in [1.29, 1.82) is 0 Å². The molecular formula is C10H20ClNS. The zero-order chi connectivity index (χ0) is 9.52. The summed E-state index contributed by atoms with van der Waals surface area (Å²) in [6.07, 6.45) is 7.23. The van der Waals surface area contributed by atoms with E-state index in [0.717, 1.165) is 12.5 Å². The van der Waals surface area contributed by atoms with Crippen LogP contribution in [0.3, 0.4) is 0 Å². The average molecular weight is 222 g/mol. The van der Waals surface area contributed by atoms with Crippen molar-refractivity contribution in [3.63, 3.8) is 0 Å². The summed E-state index contributed by atoms with van der Waals surface area (Å²) < 4.78 is 0. The number of hydrogen-bond donors (Lipinski definition) is 1. The van der Waals surface area contributed by atoms with E-state index in [-0.39, 0.29) is 0 Å². The van der Waals surface area contributed by atoms with Gasteiger partial charge in [0.15, 0.2) is 0 Å². The van der Waals surface area contributed by atoms with Crippen LogP contribution in [-0.2, 0) is 0 Å². The molecule has 0 amide bonds. The Bertz CT molecular complexity index is 124. The summed E-state index contributed by atoms with van der Waals surface area (Å²) in [5.74, 6) is 2.11. The van der Waals surface area contributed by atoms with E-state index in [1.54, 1.807) is 0 Å². The summed E-state index contributed by atoms with van der Waals surface area (Å²) in [6, 6.07) is 0. The first-order valence-electron chi connectivity index (χ1n) is 5.16. The second-order valence-corrected chi connectivity index (χ2v) is 5.42. The van der Waals surface area contributed by atoms with Gasteiger partial charge >= 0.3 is 0 Å². The Kier molecular flexibility index (Phi) is 6.26. The number of hydrogen-bond acceptors (Lipinski definition) is 2. The van der Waals surface area contributed by atoms with Crippen LogP contribution in [0.15, 0.2) is 0 Å². The third kappa shape index (κ3) is 5.14. The molecule has 0 heterocycles. The second-order valence-electron chi connectivity index (χ2n) is 3.81. The van der Waals surface area contributed by atoms with Crippen LogP contribution in [-0.4, -0.2) is 30.5 Å². The van der Waals surface area contributed by atoms with Crippen molar-refractivity contribution < 1.29 is 0 Å². The molecule has 1 N–H and O–H groups in total. The molecule has 78 valence electrons. The predicted octanol–water partition coefficient (Wildman–Crippen LogP) is 2.74. The fourth-order valence-electron chi connectivity index (χ4n) is 1.81. The third-order valence-electron chi connectivity index (χ3n) is 2.69. The van der Waals surface area contributed by atoms with Crippen molar-refractivity contribution in [2.24, 2.45) is 5.92 Å². The van der Waals surface area contributed by atoms with E-state index in [4.69, 9.17) is 11.6 Å². The van der Waals surface area contributed by atoms with E-state index in [2.05, 4.69) is 11.6 Å². The van der Waals surface area contributed by atoms with E-state index < -0.39 is 0 Å². The van der Waals surface area contributed by atoms with E-state index in [9.17, 15) is 0 Å². The van der Waals surface area contributed by atoms with E-state index in [0.29, 0.717) is 5.38 Å². The molecule has 1 nitrogen and oxygen atoms in total. The first kappa shape index (κ1) is 11.7. The zero-order valence-corrected chi connectivity index (χ0v) is 9.96. The van der Waals surface area contributed by atoms with Gasteiger partial charge in [-0.15, -0.1) is 11.6 Å². The maximum Gasteiger partial charge on any atom is 0.0336 e. The minimum absolute atomic E-state index is 0.461. The smallest absolute Gasteiger partial charge is 0.0336 e. The van der Waals surface area contributed by atoms with Gasteiger partial charge in [-0.1, -0.05) is 0 Å². The van der Waals surface area contributed by atoms with Crippen molar-refractivity contribution in [3.05, 3.63) is 0 Å². The van der Waals surface area contributed by atoms with Crippen LogP contribution in [0.4, 0.5) is 0 Å². The van der Waals surface area contributed by atoms with Crippen molar-refractivity contribution >= 4 is 23.4 Å². The molecule has 1 aliphatic carbocycles. The molecule has 1 aliphatic rings. The fraction of sp³-hybridized carbons (Fsp3) is 1.00. The molecule has 0 radical (unpaired) electrons. The molecule has 0 spiro atoms. The Hall–Kier alpha value is 0.600. The molecule has 0 aromatic heterocycles. The summed E-state index contributed by atoms with van der Waals surface area (Å²) in [7, 11) is 0. The van der Waals surface area contributed by atoms with Gasteiger partial charge in [-0.05, 0) is 44.4 Å². The highest BCUT2D eigenvalue weighted by Crippen LogP contribution is 2.26. The minimum atomic E-state index is 0.461. The number of thioether (sulfide) groups is 1. The topological polar surface area (TPSA) is 12.0 Å². The van der Waals surface area contributed by atoms with E-state index >= 15 is 0 Å². The van der Waals surface area contributed by atoms with Crippen LogP contribution in [0.5, 0.6) is 0 Å². The highest BCUT2D eigenvalue weighted by atomic mass is 35.5. The Morgan fingerprint density at radius 2 is 2.00 bits per heavy atom. The van der Waals surface area contributed by atoms with Crippen LogP contribution in [0.25, 0.3) is 0 Å². The maximum atomic E-state index is 6.04. The summed E-state index contributed by atoms with van der Waals surface area (Å²) >= 11 is 7.95. The lowest BCUT2D eigenvalue weighted by Crippen LogP contribution is -2.28. The van der Waals surface area contributed by atoms with Crippen molar-refractivity contribution in [2.75, 3.05) is 25.1 Å². The quantitative estimate of drug-likeness (QED) is 0.566. The fourth-order valence-corrected chi connectivity index (χ4v) is 2.41. The van der Waals surface area contributed by atoms with Crippen LogP contribution in [0.2, 0.25) is 0 Å². The van der Waals surface area contributed by atoms with Gasteiger partial charge in [-0.25, -0.2) is 0 Å². The number of rotatable bonds is 5. The molecule has 1 fully saturated rings. The van der Waals surface area contributed by atoms with Crippen LogP contribution in [0, 0.1) is 5.92 Å². The Balaban J connectivity index is 1.96. The van der Waals surface area contributed by atoms with Crippen molar-refractivity contribution in [3.8, 4) is 0 Å². The largest absolute Gasteiger partial charge is 0.316 e. The normalized spacial score (nSPS) is 29.1. The highest BCUT2D eigenvalue weighted by molar-refractivity contribution is 7.98. The lowest BCUT2D eigenvalue weighted by molar-refractivity contribution is 0.349. The summed E-state index contributed by atoms with van der Waals surface area (Å²) in [6.45, 7) is 2.35. The second kappa shape index (κ2) is 6.97. The molecule has 1 saturated carbocycles. The first-order chi connectivity index (χ1) is 6.33.